The van der Waals surface area contributed by atoms with E-state index < -0.39 is 60.9 Å². The van der Waals surface area contributed by atoms with E-state index >= 15 is 0 Å². The topological polar surface area (TPSA) is 118 Å². The number of H-pyrrole nitrogens is 1. The molecule has 3 N–H and O–H groups in total. The van der Waals surface area contributed by atoms with E-state index in [1.807, 2.05) is 6.07 Å². The summed E-state index contributed by atoms with van der Waals surface area (Å²) in [4.78, 5) is 42.0. The van der Waals surface area contributed by atoms with Crippen molar-refractivity contribution >= 4 is 40.2 Å². The normalized spacial score (nSPS) is 22.8. The second kappa shape index (κ2) is 9.77. The van der Waals surface area contributed by atoms with Gasteiger partial charge in [0.05, 0.1) is 16.6 Å². The molecule has 0 saturated carbocycles. The number of carbonyl (C=O) groups is 3. The molecule has 35 heavy (non-hydrogen) atoms. The first-order chi connectivity index (χ1) is 16.6. The van der Waals surface area contributed by atoms with Crippen LogP contribution in [0.15, 0.2) is 18.2 Å². The van der Waals surface area contributed by atoms with Crippen LogP contribution in [-0.4, -0.2) is 58.7 Å². The number of halogens is 4. The number of nitrogens with zero attached hydrogens (tertiary/aromatic N) is 2. The molecule has 1 aromatic carbocycles. The second-order valence-corrected chi connectivity index (χ2v) is 9.29. The number of aromatic nitrogens is 1. The van der Waals surface area contributed by atoms with Crippen molar-refractivity contribution in [3.05, 3.63) is 34.7 Å². The molecule has 12 heteroatoms. The Balaban J connectivity index is 1.55. The molecule has 1 aromatic heterocycles. The monoisotopic (exact) mass is 509 g/mol. The zero-order valence-electron chi connectivity index (χ0n) is 18.5. The molecule has 186 valence electrons. The molecule has 2 fully saturated rings. The minimum Gasteiger partial charge on any atom is -0.356 e. The van der Waals surface area contributed by atoms with E-state index in [1.54, 1.807) is 0 Å². The van der Waals surface area contributed by atoms with Crippen molar-refractivity contribution in [3.63, 3.8) is 0 Å². The van der Waals surface area contributed by atoms with E-state index in [0.29, 0.717) is 13.0 Å². The van der Waals surface area contributed by atoms with Crippen LogP contribution >= 0.6 is 11.6 Å². The van der Waals surface area contributed by atoms with Gasteiger partial charge in [-0.1, -0.05) is 11.6 Å². The number of alkyl halides is 2. The molecule has 2 aliphatic rings. The lowest BCUT2D eigenvalue weighted by Gasteiger charge is -2.38. The van der Waals surface area contributed by atoms with E-state index in [9.17, 15) is 32.8 Å². The predicted molar refractivity (Wildman–Crippen MR) is 120 cm³/mol. The Bertz CT molecular complexity index is 1170. The fourth-order valence-corrected chi connectivity index (χ4v) is 4.80. The van der Waals surface area contributed by atoms with Crippen LogP contribution in [-0.2, 0) is 9.59 Å². The number of amides is 3. The lowest BCUT2D eigenvalue weighted by molar-refractivity contribution is -0.135. The minimum absolute atomic E-state index is 0.0327. The first-order valence-corrected chi connectivity index (χ1v) is 11.6. The summed E-state index contributed by atoms with van der Waals surface area (Å²) in [7, 11) is 0. The van der Waals surface area contributed by atoms with Gasteiger partial charge in [-0.2, -0.15) is 5.26 Å². The summed E-state index contributed by atoms with van der Waals surface area (Å²) in [5, 5.41) is 14.8. The fraction of sp³-hybridized carbons (Fsp3) is 0.478. The highest BCUT2D eigenvalue weighted by Crippen LogP contribution is 2.34. The zero-order chi connectivity index (χ0) is 25.3. The Morgan fingerprint density at radius 2 is 2.14 bits per heavy atom. The summed E-state index contributed by atoms with van der Waals surface area (Å²) in [6.07, 6.45) is -0.269. The number of nitriles is 1. The number of fused-ring (bicyclic) bond motifs is 1. The van der Waals surface area contributed by atoms with Gasteiger partial charge in [0.15, 0.2) is 0 Å². The molecule has 2 aromatic rings. The summed E-state index contributed by atoms with van der Waals surface area (Å²) in [6.45, 7) is 0.119. The molecular formula is C23H23ClF3N5O3. The first-order valence-electron chi connectivity index (χ1n) is 11.2. The number of benzene rings is 1. The third-order valence-corrected chi connectivity index (χ3v) is 6.78. The highest BCUT2D eigenvalue weighted by molar-refractivity contribution is 6.35. The molecule has 2 aliphatic heterocycles. The Morgan fingerprint density at radius 1 is 1.37 bits per heavy atom. The van der Waals surface area contributed by atoms with E-state index in [4.69, 9.17) is 11.6 Å². The molecular weight excluding hydrogens is 487 g/mol. The van der Waals surface area contributed by atoms with Gasteiger partial charge in [0.25, 0.3) is 11.8 Å². The summed E-state index contributed by atoms with van der Waals surface area (Å²) in [6, 6.07) is 2.92. The summed E-state index contributed by atoms with van der Waals surface area (Å²) in [5.41, 5.74) is 0.0689. The number of rotatable bonds is 5. The standard InChI is InChI=1S/C23H23ClF3N5O3/c24-15-3-4-16(25)14-9-17(31-19(14)15)22(35)32-7-5-23(26,27)10-18(32)21(34)30-13(11-28)8-12-2-1-6-29-20(12)33/h3-4,9,12-13,18,31H,1-2,5-8,10H2,(H,29,33)(H,30,34)/t12-,13-,18-/m0/s1. The van der Waals surface area contributed by atoms with Gasteiger partial charge in [-0.05, 0) is 37.5 Å². The highest BCUT2D eigenvalue weighted by atomic mass is 35.5. The largest absolute Gasteiger partial charge is 0.356 e. The molecule has 4 rings (SSSR count). The number of carbonyl (C=O) groups excluding carboxylic acids is 3. The number of piperidine rings is 2. The van der Waals surface area contributed by atoms with Gasteiger partial charge >= 0.3 is 0 Å². The third kappa shape index (κ3) is 5.22. The molecule has 0 bridgehead atoms. The molecule has 0 radical (unpaired) electrons. The van der Waals surface area contributed by atoms with Crippen LogP contribution in [0.5, 0.6) is 0 Å². The van der Waals surface area contributed by atoms with Gasteiger partial charge in [0, 0.05) is 37.2 Å². The van der Waals surface area contributed by atoms with E-state index in [0.717, 1.165) is 17.4 Å². The fourth-order valence-electron chi connectivity index (χ4n) is 4.59. The number of aromatic amines is 1. The van der Waals surface area contributed by atoms with Gasteiger partial charge in [-0.15, -0.1) is 0 Å². The van der Waals surface area contributed by atoms with Crippen molar-refractivity contribution in [2.24, 2.45) is 5.92 Å². The van der Waals surface area contributed by atoms with Crippen LogP contribution in [0.3, 0.4) is 0 Å². The van der Waals surface area contributed by atoms with Crippen molar-refractivity contribution in [1.82, 2.24) is 20.5 Å². The summed E-state index contributed by atoms with van der Waals surface area (Å²) < 4.78 is 42.7. The number of hydrogen-bond donors (Lipinski definition) is 3. The number of likely N-dealkylation sites (tertiary alicyclic amines) is 1. The van der Waals surface area contributed by atoms with Gasteiger partial charge in [-0.25, -0.2) is 13.2 Å². The third-order valence-electron chi connectivity index (χ3n) is 6.46. The maximum atomic E-state index is 14.3. The van der Waals surface area contributed by atoms with Crippen LogP contribution in [0, 0.1) is 23.1 Å². The van der Waals surface area contributed by atoms with E-state index in [1.165, 1.54) is 12.1 Å². The Labute approximate surface area is 203 Å². The van der Waals surface area contributed by atoms with Gasteiger partial charge < -0.3 is 20.5 Å². The molecule has 8 nitrogen and oxygen atoms in total. The smallest absolute Gasteiger partial charge is 0.270 e. The quantitative estimate of drug-likeness (QED) is 0.574. The van der Waals surface area contributed by atoms with Crippen molar-refractivity contribution in [2.75, 3.05) is 13.1 Å². The maximum Gasteiger partial charge on any atom is 0.270 e. The van der Waals surface area contributed by atoms with Crippen molar-refractivity contribution in [2.45, 2.75) is 50.1 Å². The van der Waals surface area contributed by atoms with Crippen LogP contribution in [0.25, 0.3) is 10.9 Å². The predicted octanol–water partition coefficient (Wildman–Crippen LogP) is 3.12. The average molecular weight is 510 g/mol. The first kappa shape index (κ1) is 24.9. The molecule has 0 unspecified atom stereocenters. The molecule has 0 spiro atoms. The van der Waals surface area contributed by atoms with Gasteiger partial charge in [0.1, 0.15) is 23.6 Å². The maximum absolute atomic E-state index is 14.3. The van der Waals surface area contributed by atoms with Gasteiger partial charge in [-0.3, -0.25) is 14.4 Å². The van der Waals surface area contributed by atoms with Crippen LogP contribution in [0.2, 0.25) is 5.02 Å². The molecule has 0 aliphatic carbocycles. The minimum atomic E-state index is -3.19. The van der Waals surface area contributed by atoms with Crippen LogP contribution in [0.1, 0.15) is 42.6 Å². The van der Waals surface area contributed by atoms with Crippen LogP contribution < -0.4 is 10.6 Å². The van der Waals surface area contributed by atoms with Crippen molar-refractivity contribution in [1.29, 1.82) is 5.26 Å². The van der Waals surface area contributed by atoms with E-state index in [2.05, 4.69) is 15.6 Å². The highest BCUT2D eigenvalue weighted by Gasteiger charge is 2.46. The van der Waals surface area contributed by atoms with Crippen molar-refractivity contribution < 1.29 is 27.6 Å². The second-order valence-electron chi connectivity index (χ2n) is 8.88. The average Bonchev–Trinajstić information content (AvgIpc) is 3.28. The lowest BCUT2D eigenvalue weighted by atomic mass is 9.91. The SMILES string of the molecule is N#C[C@H](C[C@@H]1CCCNC1=O)NC(=O)[C@@H]1CC(F)(F)CCN1C(=O)c1cc2c(F)ccc(Cl)c2[nH]1. The van der Waals surface area contributed by atoms with Crippen LogP contribution in [0.4, 0.5) is 13.2 Å². The molecule has 3 heterocycles. The Morgan fingerprint density at radius 3 is 2.83 bits per heavy atom. The summed E-state index contributed by atoms with van der Waals surface area (Å²) >= 11 is 6.07. The Hall–Kier alpha value is -3.26. The Kier molecular flexibility index (Phi) is 6.94. The zero-order valence-corrected chi connectivity index (χ0v) is 19.3. The number of nitrogens with one attached hydrogen (secondary N) is 3. The molecule has 2 saturated heterocycles. The lowest BCUT2D eigenvalue weighted by Crippen LogP contribution is -2.57. The van der Waals surface area contributed by atoms with Gasteiger partial charge in [0.2, 0.25) is 11.8 Å². The number of hydrogen-bond acceptors (Lipinski definition) is 4. The summed E-state index contributed by atoms with van der Waals surface area (Å²) in [5.74, 6) is -6.21. The molecule has 3 atom stereocenters. The van der Waals surface area contributed by atoms with E-state index in [-0.39, 0.29) is 33.9 Å². The van der Waals surface area contributed by atoms with Crippen molar-refractivity contribution in [3.8, 4) is 6.07 Å². The molecule has 3 amide bonds.